The molecule has 0 bridgehead atoms. The van der Waals surface area contributed by atoms with Gasteiger partial charge in [0.25, 0.3) is 5.56 Å². The second kappa shape index (κ2) is 6.21. The molecule has 1 aromatic carbocycles. The maximum absolute atomic E-state index is 13.1. The van der Waals surface area contributed by atoms with Gasteiger partial charge in [-0.2, -0.15) is 4.31 Å². The van der Waals surface area contributed by atoms with Crippen molar-refractivity contribution < 1.29 is 23.1 Å². The monoisotopic (exact) mass is 390 g/mol. The number of aromatic carboxylic acids is 1. The molecule has 1 saturated heterocycles. The highest BCUT2D eigenvalue weighted by atomic mass is 32.2. The summed E-state index contributed by atoms with van der Waals surface area (Å²) in [6.45, 7) is 1.83. The van der Waals surface area contributed by atoms with Gasteiger partial charge >= 0.3 is 5.97 Å². The van der Waals surface area contributed by atoms with Crippen molar-refractivity contribution in [1.29, 1.82) is 0 Å². The molecule has 3 heterocycles. The lowest BCUT2D eigenvalue weighted by molar-refractivity contribution is 0.0693. The first-order chi connectivity index (χ1) is 12.8. The minimum absolute atomic E-state index is 0.0900. The van der Waals surface area contributed by atoms with E-state index in [-0.39, 0.29) is 23.6 Å². The summed E-state index contributed by atoms with van der Waals surface area (Å²) in [5.74, 6) is -0.964. The fourth-order valence-corrected chi connectivity index (χ4v) is 5.59. The zero-order valence-electron chi connectivity index (χ0n) is 14.5. The summed E-state index contributed by atoms with van der Waals surface area (Å²) in [5.41, 5.74) is -0.533. The number of carboxylic acid groups (broad SMARTS) is 1. The van der Waals surface area contributed by atoms with Crippen molar-refractivity contribution in [1.82, 2.24) is 8.87 Å². The second-order valence-electron chi connectivity index (χ2n) is 6.77. The van der Waals surface area contributed by atoms with Crippen molar-refractivity contribution in [3.05, 3.63) is 58.0 Å². The fraction of sp³-hybridized carbons (Fsp3) is 0.333. The van der Waals surface area contributed by atoms with Crippen LogP contribution < -0.4 is 10.3 Å². The molecule has 2 aliphatic rings. The lowest BCUT2D eigenvalue weighted by Gasteiger charge is -2.19. The van der Waals surface area contributed by atoms with E-state index < -0.39 is 33.6 Å². The highest BCUT2D eigenvalue weighted by molar-refractivity contribution is 7.89. The average Bonchev–Trinajstić information content (AvgIpc) is 3.01. The fourth-order valence-electron chi connectivity index (χ4n) is 3.79. The number of fused-ring (bicyclic) bond motifs is 2. The average molecular weight is 390 g/mol. The minimum atomic E-state index is -3.77. The molecule has 0 unspecified atom stereocenters. The summed E-state index contributed by atoms with van der Waals surface area (Å²) >= 11 is 0. The van der Waals surface area contributed by atoms with E-state index in [9.17, 15) is 23.1 Å². The number of hydrogen-bond acceptors (Lipinski definition) is 5. The van der Waals surface area contributed by atoms with Gasteiger partial charge in [0, 0.05) is 12.7 Å². The number of carboxylic acids is 1. The Labute approximate surface area is 155 Å². The van der Waals surface area contributed by atoms with Crippen LogP contribution in [0.25, 0.3) is 0 Å². The molecule has 2 aromatic rings. The van der Waals surface area contributed by atoms with Crippen LogP contribution >= 0.6 is 0 Å². The van der Waals surface area contributed by atoms with Gasteiger partial charge in [-0.05, 0) is 37.1 Å². The number of aryl methyl sites for hydroxylation is 1. The summed E-state index contributed by atoms with van der Waals surface area (Å²) in [5, 5.41) is 9.31. The third-order valence-corrected chi connectivity index (χ3v) is 7.10. The van der Waals surface area contributed by atoms with Crippen molar-refractivity contribution >= 4 is 16.0 Å². The smallest absolute Gasteiger partial charge is 0.341 e. The Bertz CT molecular complexity index is 1090. The maximum Gasteiger partial charge on any atom is 0.341 e. The second-order valence-corrected chi connectivity index (χ2v) is 8.63. The van der Waals surface area contributed by atoms with Gasteiger partial charge in [0.15, 0.2) is 0 Å². The standard InChI is InChI=1S/C18H18N2O6S/c1-11-6-7-19(17(21)16(11)18(22)23)12-8-13-10-26-14-4-2-3-5-15(14)27(24,25)20(13)9-12/h2-7,12-13H,8-10H2,1H3,(H,22,23)/t12-,13-/m0/s1. The van der Waals surface area contributed by atoms with Gasteiger partial charge in [-0.25, -0.2) is 13.2 Å². The van der Waals surface area contributed by atoms with Crippen molar-refractivity contribution in [2.45, 2.75) is 30.3 Å². The Morgan fingerprint density at radius 3 is 2.70 bits per heavy atom. The third kappa shape index (κ3) is 2.74. The Hall–Kier alpha value is -2.65. The highest BCUT2D eigenvalue weighted by Crippen LogP contribution is 2.38. The maximum atomic E-state index is 13.1. The number of hydrogen-bond donors (Lipinski definition) is 1. The van der Waals surface area contributed by atoms with Crippen LogP contribution in [0, 0.1) is 6.92 Å². The van der Waals surface area contributed by atoms with Gasteiger partial charge in [-0.1, -0.05) is 12.1 Å². The lowest BCUT2D eigenvalue weighted by atomic mass is 10.1. The van der Waals surface area contributed by atoms with Crippen LogP contribution in [0.15, 0.2) is 46.2 Å². The normalized spacial score (nSPS) is 23.7. The molecule has 2 atom stereocenters. The van der Waals surface area contributed by atoms with Crippen LogP contribution in [0.4, 0.5) is 0 Å². The largest absolute Gasteiger partial charge is 0.490 e. The topological polar surface area (TPSA) is 106 Å². The van der Waals surface area contributed by atoms with E-state index in [1.54, 1.807) is 31.2 Å². The first-order valence-electron chi connectivity index (χ1n) is 8.49. The summed E-state index contributed by atoms with van der Waals surface area (Å²) in [6.07, 6.45) is 1.90. The number of pyridine rings is 1. The number of aromatic nitrogens is 1. The molecule has 0 aliphatic carbocycles. The van der Waals surface area contributed by atoms with Gasteiger partial charge in [-0.3, -0.25) is 4.79 Å². The molecular formula is C18H18N2O6S. The van der Waals surface area contributed by atoms with Gasteiger partial charge < -0.3 is 14.4 Å². The van der Waals surface area contributed by atoms with Crippen molar-refractivity contribution in [2.24, 2.45) is 0 Å². The molecule has 27 heavy (non-hydrogen) atoms. The van der Waals surface area contributed by atoms with Crippen molar-refractivity contribution in [3.8, 4) is 5.75 Å². The Kier molecular flexibility index (Phi) is 4.08. The molecule has 8 nitrogen and oxygen atoms in total. The van der Waals surface area contributed by atoms with E-state index in [1.165, 1.54) is 21.1 Å². The molecule has 2 aliphatic heterocycles. The molecule has 142 valence electrons. The number of sulfonamides is 1. The van der Waals surface area contributed by atoms with E-state index in [1.807, 2.05) is 0 Å². The number of carbonyl (C=O) groups is 1. The number of para-hydroxylation sites is 1. The van der Waals surface area contributed by atoms with Crippen LogP contribution in [0.1, 0.15) is 28.4 Å². The van der Waals surface area contributed by atoms with Gasteiger partial charge in [0.1, 0.15) is 22.8 Å². The minimum Gasteiger partial charge on any atom is -0.490 e. The number of ether oxygens (including phenoxy) is 1. The predicted molar refractivity (Wildman–Crippen MR) is 95.7 cm³/mol. The van der Waals surface area contributed by atoms with E-state index in [0.717, 1.165) is 0 Å². The Balaban J connectivity index is 1.74. The molecule has 1 aromatic heterocycles. The van der Waals surface area contributed by atoms with E-state index in [0.29, 0.717) is 17.7 Å². The van der Waals surface area contributed by atoms with E-state index in [4.69, 9.17) is 4.74 Å². The van der Waals surface area contributed by atoms with E-state index in [2.05, 4.69) is 0 Å². The van der Waals surface area contributed by atoms with Crippen molar-refractivity contribution in [3.63, 3.8) is 0 Å². The van der Waals surface area contributed by atoms with Gasteiger partial charge in [-0.15, -0.1) is 0 Å². The zero-order valence-corrected chi connectivity index (χ0v) is 15.3. The van der Waals surface area contributed by atoms with Gasteiger partial charge in [0.2, 0.25) is 10.0 Å². The van der Waals surface area contributed by atoms with Crippen LogP contribution in [0.5, 0.6) is 5.75 Å². The molecule has 4 rings (SSSR count). The van der Waals surface area contributed by atoms with Gasteiger partial charge in [0.05, 0.1) is 12.1 Å². The summed E-state index contributed by atoms with van der Waals surface area (Å²) in [4.78, 5) is 24.1. The Morgan fingerprint density at radius 2 is 1.96 bits per heavy atom. The predicted octanol–water partition coefficient (Wildman–Crippen LogP) is 1.25. The summed E-state index contributed by atoms with van der Waals surface area (Å²) in [6, 6.07) is 7.16. The number of benzene rings is 1. The first-order valence-corrected chi connectivity index (χ1v) is 9.93. The molecule has 1 fully saturated rings. The molecule has 0 spiro atoms. The molecular weight excluding hydrogens is 372 g/mol. The summed E-state index contributed by atoms with van der Waals surface area (Å²) in [7, 11) is -3.77. The number of rotatable bonds is 2. The quantitative estimate of drug-likeness (QED) is 0.827. The molecule has 0 saturated carbocycles. The highest BCUT2D eigenvalue weighted by Gasteiger charge is 2.44. The lowest BCUT2D eigenvalue weighted by Crippen LogP contribution is -2.37. The SMILES string of the molecule is Cc1ccn([C@H]2C[C@H]3COc4ccccc4S(=O)(=O)N3C2)c(=O)c1C(=O)O. The molecule has 0 radical (unpaired) electrons. The van der Waals surface area contributed by atoms with Crippen molar-refractivity contribution in [2.75, 3.05) is 13.2 Å². The van der Waals surface area contributed by atoms with Crippen LogP contribution in [-0.4, -0.2) is 47.6 Å². The summed E-state index contributed by atoms with van der Waals surface area (Å²) < 4.78 is 34.5. The van der Waals surface area contributed by atoms with E-state index >= 15 is 0 Å². The molecule has 1 N–H and O–H groups in total. The van der Waals surface area contributed by atoms with Crippen LogP contribution in [0.3, 0.4) is 0 Å². The Morgan fingerprint density at radius 1 is 1.22 bits per heavy atom. The first kappa shape index (κ1) is 17.7. The molecule has 9 heteroatoms. The molecule has 0 amide bonds. The third-order valence-electron chi connectivity index (χ3n) is 5.14. The zero-order chi connectivity index (χ0) is 19.3. The van der Waals surface area contributed by atoms with Crippen LogP contribution in [0.2, 0.25) is 0 Å². The van der Waals surface area contributed by atoms with Crippen LogP contribution in [-0.2, 0) is 10.0 Å². The number of nitrogens with zero attached hydrogens (tertiary/aromatic N) is 2.